The molecule has 20 heavy (non-hydrogen) atoms. The van der Waals surface area contributed by atoms with E-state index in [0.717, 1.165) is 20.5 Å². The van der Waals surface area contributed by atoms with E-state index in [1.807, 2.05) is 55.5 Å². The standard InChI is InChI=1S/C16H17BrO2S/c1-12-3-9-15(10-4-12)20(19)11-16(2,18)13-5-7-14(17)8-6-13/h3-10,18H,11H2,1-2H3/t16-,20?/m0/s1. The third-order valence-corrected chi connectivity index (χ3v) is 5.31. The first-order valence-electron chi connectivity index (χ1n) is 6.32. The topological polar surface area (TPSA) is 37.3 Å². The van der Waals surface area contributed by atoms with Crippen LogP contribution in [0.5, 0.6) is 0 Å². The zero-order valence-electron chi connectivity index (χ0n) is 11.5. The maximum absolute atomic E-state index is 12.4. The largest absolute Gasteiger partial charge is 0.384 e. The molecule has 0 aliphatic carbocycles. The Bertz CT molecular complexity index is 603. The first-order chi connectivity index (χ1) is 9.38. The van der Waals surface area contributed by atoms with Crippen molar-refractivity contribution in [1.82, 2.24) is 0 Å². The van der Waals surface area contributed by atoms with Gasteiger partial charge in [0.1, 0.15) is 0 Å². The van der Waals surface area contributed by atoms with E-state index >= 15 is 0 Å². The summed E-state index contributed by atoms with van der Waals surface area (Å²) in [6.45, 7) is 3.69. The van der Waals surface area contributed by atoms with Gasteiger partial charge in [0.15, 0.2) is 0 Å². The lowest BCUT2D eigenvalue weighted by atomic mass is 9.99. The summed E-state index contributed by atoms with van der Waals surface area (Å²) < 4.78 is 13.3. The molecule has 0 aromatic heterocycles. The van der Waals surface area contributed by atoms with E-state index in [1.165, 1.54) is 0 Å². The Morgan fingerprint density at radius 2 is 1.65 bits per heavy atom. The molecule has 0 bridgehead atoms. The molecule has 2 aromatic rings. The summed E-state index contributed by atoms with van der Waals surface area (Å²) in [5.41, 5.74) is 0.780. The van der Waals surface area contributed by atoms with Crippen molar-refractivity contribution in [1.29, 1.82) is 0 Å². The van der Waals surface area contributed by atoms with Gasteiger partial charge >= 0.3 is 0 Å². The molecule has 1 N–H and O–H groups in total. The lowest BCUT2D eigenvalue weighted by Gasteiger charge is -2.23. The number of benzene rings is 2. The van der Waals surface area contributed by atoms with Gasteiger partial charge in [-0.15, -0.1) is 0 Å². The number of hydrogen-bond donors (Lipinski definition) is 1. The molecule has 0 aliphatic rings. The van der Waals surface area contributed by atoms with Crippen molar-refractivity contribution in [3.05, 3.63) is 64.1 Å². The zero-order chi connectivity index (χ0) is 14.8. The lowest BCUT2D eigenvalue weighted by Crippen LogP contribution is -2.28. The number of halogens is 1. The molecule has 0 fully saturated rings. The second kappa shape index (κ2) is 6.20. The van der Waals surface area contributed by atoms with E-state index in [2.05, 4.69) is 15.9 Å². The first-order valence-corrected chi connectivity index (χ1v) is 8.43. The third-order valence-electron chi connectivity index (χ3n) is 3.16. The van der Waals surface area contributed by atoms with Crippen molar-refractivity contribution in [2.45, 2.75) is 24.3 Å². The molecule has 0 amide bonds. The van der Waals surface area contributed by atoms with Crippen LogP contribution >= 0.6 is 15.9 Å². The second-order valence-electron chi connectivity index (χ2n) is 5.08. The highest BCUT2D eigenvalue weighted by atomic mass is 79.9. The van der Waals surface area contributed by atoms with Crippen molar-refractivity contribution in [3.63, 3.8) is 0 Å². The molecule has 2 aromatic carbocycles. The number of hydrogen-bond acceptors (Lipinski definition) is 2. The summed E-state index contributed by atoms with van der Waals surface area (Å²) in [6, 6.07) is 15.0. The Hall–Kier alpha value is -0.970. The molecule has 0 saturated heterocycles. The SMILES string of the molecule is Cc1ccc(S(=O)C[C@](C)(O)c2ccc(Br)cc2)cc1. The maximum Gasteiger partial charge on any atom is 0.0986 e. The summed E-state index contributed by atoms with van der Waals surface area (Å²) in [5.74, 6) is 0.178. The van der Waals surface area contributed by atoms with E-state index in [0.29, 0.717) is 0 Å². The van der Waals surface area contributed by atoms with Crippen LogP contribution in [0, 0.1) is 6.92 Å². The van der Waals surface area contributed by atoms with Gasteiger partial charge in [-0.2, -0.15) is 0 Å². The van der Waals surface area contributed by atoms with Crippen LogP contribution in [0.25, 0.3) is 0 Å². The van der Waals surface area contributed by atoms with Crippen molar-refractivity contribution in [3.8, 4) is 0 Å². The smallest absolute Gasteiger partial charge is 0.0986 e. The van der Waals surface area contributed by atoms with Gasteiger partial charge in [0.2, 0.25) is 0 Å². The molecule has 2 nitrogen and oxygen atoms in total. The maximum atomic E-state index is 12.4. The molecule has 0 aliphatic heterocycles. The molecule has 0 spiro atoms. The molecule has 1 unspecified atom stereocenters. The molecular formula is C16H17BrO2S. The van der Waals surface area contributed by atoms with Crippen LogP contribution in [-0.2, 0) is 16.4 Å². The van der Waals surface area contributed by atoms with Gasteiger partial charge < -0.3 is 5.11 Å². The van der Waals surface area contributed by atoms with Gasteiger partial charge in [-0.05, 0) is 43.7 Å². The molecule has 4 heteroatoms. The highest BCUT2D eigenvalue weighted by Crippen LogP contribution is 2.25. The molecule has 2 atom stereocenters. The van der Waals surface area contributed by atoms with E-state index < -0.39 is 16.4 Å². The number of aliphatic hydroxyl groups is 1. The average molecular weight is 353 g/mol. The minimum absolute atomic E-state index is 0.178. The molecule has 0 saturated carbocycles. The Morgan fingerprint density at radius 1 is 1.10 bits per heavy atom. The Kier molecular flexibility index (Phi) is 4.78. The number of rotatable bonds is 4. The van der Waals surface area contributed by atoms with Crippen LogP contribution in [0.15, 0.2) is 57.9 Å². The molecule has 106 valence electrons. The Balaban J connectivity index is 2.17. The van der Waals surface area contributed by atoms with Gasteiger partial charge in [0, 0.05) is 9.37 Å². The van der Waals surface area contributed by atoms with Gasteiger partial charge in [-0.3, -0.25) is 4.21 Å². The van der Waals surface area contributed by atoms with Crippen LogP contribution in [-0.4, -0.2) is 15.1 Å². The summed E-state index contributed by atoms with van der Waals surface area (Å²) in [5, 5.41) is 10.6. The zero-order valence-corrected chi connectivity index (χ0v) is 13.9. The fourth-order valence-electron chi connectivity index (χ4n) is 1.92. The average Bonchev–Trinajstić information content (AvgIpc) is 2.39. The van der Waals surface area contributed by atoms with Gasteiger partial charge in [0.05, 0.1) is 22.2 Å². The molecular weight excluding hydrogens is 336 g/mol. The quantitative estimate of drug-likeness (QED) is 0.909. The predicted molar refractivity (Wildman–Crippen MR) is 86.2 cm³/mol. The third kappa shape index (κ3) is 3.78. The van der Waals surface area contributed by atoms with E-state index in [1.54, 1.807) is 6.92 Å². The Labute approximate surface area is 130 Å². The van der Waals surface area contributed by atoms with Crippen LogP contribution < -0.4 is 0 Å². The highest BCUT2D eigenvalue weighted by molar-refractivity contribution is 9.10. The van der Waals surface area contributed by atoms with Crippen molar-refractivity contribution in [2.24, 2.45) is 0 Å². The van der Waals surface area contributed by atoms with E-state index in [-0.39, 0.29) is 5.75 Å². The van der Waals surface area contributed by atoms with Gasteiger partial charge in [-0.25, -0.2) is 0 Å². The normalized spacial score (nSPS) is 15.6. The summed E-state index contributed by atoms with van der Waals surface area (Å²) >= 11 is 3.36. The van der Waals surface area contributed by atoms with E-state index in [9.17, 15) is 9.32 Å². The number of aryl methyl sites for hydroxylation is 1. The minimum atomic E-state index is -1.23. The Morgan fingerprint density at radius 3 is 2.20 bits per heavy atom. The van der Waals surface area contributed by atoms with Gasteiger partial charge in [0.25, 0.3) is 0 Å². The minimum Gasteiger partial charge on any atom is -0.384 e. The fraction of sp³-hybridized carbons (Fsp3) is 0.250. The van der Waals surface area contributed by atoms with Crippen molar-refractivity contribution >= 4 is 26.7 Å². The van der Waals surface area contributed by atoms with E-state index in [4.69, 9.17) is 0 Å². The lowest BCUT2D eigenvalue weighted by molar-refractivity contribution is 0.0829. The van der Waals surface area contributed by atoms with Crippen molar-refractivity contribution < 1.29 is 9.32 Å². The summed E-state index contributed by atoms with van der Waals surface area (Å²) in [7, 11) is -1.23. The summed E-state index contributed by atoms with van der Waals surface area (Å²) in [4.78, 5) is 0.744. The second-order valence-corrected chi connectivity index (χ2v) is 7.45. The van der Waals surface area contributed by atoms with Crippen LogP contribution in [0.3, 0.4) is 0 Å². The highest BCUT2D eigenvalue weighted by Gasteiger charge is 2.26. The molecule has 0 radical (unpaired) electrons. The molecule has 2 rings (SSSR count). The fourth-order valence-corrected chi connectivity index (χ4v) is 3.47. The monoisotopic (exact) mass is 352 g/mol. The predicted octanol–water partition coefficient (Wildman–Crippen LogP) is 3.77. The van der Waals surface area contributed by atoms with Gasteiger partial charge in [-0.1, -0.05) is 45.8 Å². The van der Waals surface area contributed by atoms with Crippen LogP contribution in [0.4, 0.5) is 0 Å². The summed E-state index contributed by atoms with van der Waals surface area (Å²) in [6.07, 6.45) is 0. The first kappa shape index (κ1) is 15.4. The molecule has 0 heterocycles. The van der Waals surface area contributed by atoms with Crippen LogP contribution in [0.2, 0.25) is 0 Å². The van der Waals surface area contributed by atoms with Crippen LogP contribution in [0.1, 0.15) is 18.1 Å². The van der Waals surface area contributed by atoms with Crippen molar-refractivity contribution in [2.75, 3.05) is 5.75 Å².